The molecule has 0 aromatic heterocycles. The molecule has 9 nitrogen and oxygen atoms in total. The van der Waals surface area contributed by atoms with Crippen LogP contribution < -0.4 is 14.8 Å². The molecule has 1 aromatic carbocycles. The fraction of sp³-hybridized carbons (Fsp3) is 0.429. The van der Waals surface area contributed by atoms with Crippen molar-refractivity contribution in [3.05, 3.63) is 27.8 Å². The second kappa shape index (κ2) is 6.95. The van der Waals surface area contributed by atoms with Gasteiger partial charge < -0.3 is 19.5 Å². The molecule has 0 fully saturated rings. The molecule has 0 saturated carbocycles. The number of fused-ring (bicyclic) bond motifs is 1. The van der Waals surface area contributed by atoms with E-state index >= 15 is 0 Å². The summed E-state index contributed by atoms with van der Waals surface area (Å²) < 4.78 is 15.5. The van der Waals surface area contributed by atoms with Crippen LogP contribution in [-0.2, 0) is 9.53 Å². The number of benzene rings is 1. The zero-order valence-electron chi connectivity index (χ0n) is 12.7. The molecule has 0 bridgehead atoms. The van der Waals surface area contributed by atoms with E-state index in [0.29, 0.717) is 6.54 Å². The zero-order chi connectivity index (χ0) is 17.0. The second-order valence-electron chi connectivity index (χ2n) is 4.71. The van der Waals surface area contributed by atoms with Gasteiger partial charge in [-0.15, -0.1) is 0 Å². The van der Waals surface area contributed by atoms with Gasteiger partial charge >= 0.3 is 5.97 Å². The first-order valence-corrected chi connectivity index (χ1v) is 7.00. The highest BCUT2D eigenvalue weighted by Gasteiger charge is 2.29. The minimum Gasteiger partial charge on any atom is -0.486 e. The SMILES string of the molecule is CCNC(=O)[C@@H](C)OC(=O)c1cc2c(cc1[N+](=O)[O-])OCCO2. The van der Waals surface area contributed by atoms with Gasteiger partial charge in [-0.05, 0) is 13.8 Å². The fourth-order valence-corrected chi connectivity index (χ4v) is 1.99. The van der Waals surface area contributed by atoms with Crippen molar-refractivity contribution in [3.63, 3.8) is 0 Å². The summed E-state index contributed by atoms with van der Waals surface area (Å²) in [7, 11) is 0. The Bertz CT molecular complexity index is 644. The van der Waals surface area contributed by atoms with Crippen LogP contribution in [0.3, 0.4) is 0 Å². The van der Waals surface area contributed by atoms with Crippen LogP contribution in [0.5, 0.6) is 11.5 Å². The van der Waals surface area contributed by atoms with Crippen LogP contribution in [0.25, 0.3) is 0 Å². The van der Waals surface area contributed by atoms with Crippen LogP contribution in [0.15, 0.2) is 12.1 Å². The first kappa shape index (κ1) is 16.5. The predicted molar refractivity (Wildman–Crippen MR) is 77.6 cm³/mol. The van der Waals surface area contributed by atoms with Crippen LogP contribution in [0.2, 0.25) is 0 Å². The summed E-state index contributed by atoms with van der Waals surface area (Å²) in [4.78, 5) is 34.2. The molecule has 1 aliphatic heterocycles. The maximum atomic E-state index is 12.2. The molecule has 2 rings (SSSR count). The number of ether oxygens (including phenoxy) is 3. The van der Waals surface area contributed by atoms with Gasteiger partial charge in [0, 0.05) is 12.6 Å². The third-order valence-electron chi connectivity index (χ3n) is 3.08. The molecule has 1 amide bonds. The minimum atomic E-state index is -1.07. The smallest absolute Gasteiger partial charge is 0.346 e. The van der Waals surface area contributed by atoms with E-state index in [1.54, 1.807) is 6.92 Å². The molecule has 0 unspecified atom stereocenters. The number of esters is 1. The molecule has 23 heavy (non-hydrogen) atoms. The summed E-state index contributed by atoms with van der Waals surface area (Å²) in [5.41, 5.74) is -0.766. The van der Waals surface area contributed by atoms with Crippen LogP contribution >= 0.6 is 0 Å². The predicted octanol–water partition coefficient (Wildman–Crippen LogP) is 1.05. The van der Waals surface area contributed by atoms with Gasteiger partial charge in [0.15, 0.2) is 17.6 Å². The lowest BCUT2D eigenvalue weighted by Gasteiger charge is -2.19. The highest BCUT2D eigenvalue weighted by Crippen LogP contribution is 2.36. The van der Waals surface area contributed by atoms with Crippen molar-refractivity contribution in [1.29, 1.82) is 0 Å². The van der Waals surface area contributed by atoms with Crippen molar-refractivity contribution in [2.24, 2.45) is 0 Å². The van der Waals surface area contributed by atoms with E-state index in [2.05, 4.69) is 5.32 Å². The molecule has 0 spiro atoms. The van der Waals surface area contributed by atoms with Gasteiger partial charge in [0.05, 0.1) is 11.0 Å². The van der Waals surface area contributed by atoms with Crippen molar-refractivity contribution >= 4 is 17.6 Å². The molecule has 1 N–H and O–H groups in total. The highest BCUT2D eigenvalue weighted by atomic mass is 16.6. The molecule has 1 heterocycles. The first-order valence-electron chi connectivity index (χ1n) is 7.00. The number of nitro groups is 1. The van der Waals surface area contributed by atoms with Gasteiger partial charge in [-0.1, -0.05) is 0 Å². The number of nitrogens with zero attached hydrogens (tertiary/aromatic N) is 1. The lowest BCUT2D eigenvalue weighted by molar-refractivity contribution is -0.385. The lowest BCUT2D eigenvalue weighted by Crippen LogP contribution is -2.35. The number of likely N-dealkylation sites (N-methyl/N-ethyl adjacent to an activating group) is 1. The number of nitrogens with one attached hydrogen (secondary N) is 1. The standard InChI is InChI=1S/C14H16N2O7/c1-3-15-13(17)8(2)23-14(18)9-6-11-12(22-5-4-21-11)7-10(9)16(19)20/h6-8H,3-5H2,1-2H3,(H,15,17)/t8-/m1/s1. The quantitative estimate of drug-likeness (QED) is 0.488. The van der Waals surface area contributed by atoms with E-state index in [4.69, 9.17) is 14.2 Å². The molecule has 1 aromatic rings. The number of hydrogen-bond acceptors (Lipinski definition) is 7. The monoisotopic (exact) mass is 324 g/mol. The molecule has 0 saturated heterocycles. The Morgan fingerprint density at radius 2 is 1.96 bits per heavy atom. The number of amides is 1. The third-order valence-corrected chi connectivity index (χ3v) is 3.08. The Labute approximate surface area is 131 Å². The summed E-state index contributed by atoms with van der Waals surface area (Å²) in [6.45, 7) is 4.02. The molecule has 1 aliphatic rings. The normalized spacial score (nSPS) is 13.8. The van der Waals surface area contributed by atoms with Crippen molar-refractivity contribution in [1.82, 2.24) is 5.32 Å². The summed E-state index contributed by atoms with van der Waals surface area (Å²) >= 11 is 0. The topological polar surface area (TPSA) is 117 Å². The molecule has 124 valence electrons. The van der Waals surface area contributed by atoms with E-state index in [0.717, 1.165) is 6.07 Å². The molecule has 1 atom stereocenters. The number of hydrogen-bond donors (Lipinski definition) is 1. The van der Waals surface area contributed by atoms with Gasteiger partial charge in [-0.25, -0.2) is 4.79 Å². The fourth-order valence-electron chi connectivity index (χ4n) is 1.99. The second-order valence-corrected chi connectivity index (χ2v) is 4.71. The third kappa shape index (κ3) is 3.68. The first-order chi connectivity index (χ1) is 10.9. The van der Waals surface area contributed by atoms with Gasteiger partial charge in [0.1, 0.15) is 18.8 Å². The van der Waals surface area contributed by atoms with Crippen LogP contribution in [0, 0.1) is 10.1 Å². The number of rotatable bonds is 5. The molecule has 9 heteroatoms. The Kier molecular flexibility index (Phi) is 4.99. The van der Waals surface area contributed by atoms with E-state index in [-0.39, 0.29) is 30.3 Å². The number of nitro benzene ring substituents is 1. The Morgan fingerprint density at radius 1 is 1.35 bits per heavy atom. The Morgan fingerprint density at radius 3 is 2.52 bits per heavy atom. The molecular formula is C14H16N2O7. The van der Waals surface area contributed by atoms with E-state index in [1.165, 1.54) is 13.0 Å². The summed E-state index contributed by atoms with van der Waals surface area (Å²) in [5, 5.41) is 13.7. The van der Waals surface area contributed by atoms with Crippen LogP contribution in [0.4, 0.5) is 5.69 Å². The summed E-state index contributed by atoms with van der Waals surface area (Å²) in [6.07, 6.45) is -1.07. The Hall–Kier alpha value is -2.84. The van der Waals surface area contributed by atoms with Gasteiger partial charge in [-0.3, -0.25) is 14.9 Å². The van der Waals surface area contributed by atoms with E-state index in [9.17, 15) is 19.7 Å². The van der Waals surface area contributed by atoms with Gasteiger partial charge in [0.2, 0.25) is 0 Å². The number of carbonyl (C=O) groups is 2. The minimum absolute atomic E-state index is 0.191. The zero-order valence-corrected chi connectivity index (χ0v) is 12.7. The van der Waals surface area contributed by atoms with Crippen molar-refractivity contribution in [2.45, 2.75) is 20.0 Å². The average Bonchev–Trinajstić information content (AvgIpc) is 2.53. The van der Waals surface area contributed by atoms with Gasteiger partial charge in [-0.2, -0.15) is 0 Å². The largest absolute Gasteiger partial charge is 0.486 e. The van der Waals surface area contributed by atoms with E-state index < -0.39 is 28.6 Å². The van der Waals surface area contributed by atoms with Crippen molar-refractivity contribution in [2.75, 3.05) is 19.8 Å². The summed E-state index contributed by atoms with van der Waals surface area (Å²) in [6, 6.07) is 2.31. The van der Waals surface area contributed by atoms with Crippen LogP contribution in [-0.4, -0.2) is 42.7 Å². The molecule has 0 radical (unpaired) electrons. The number of carbonyl (C=O) groups excluding carboxylic acids is 2. The molecular weight excluding hydrogens is 308 g/mol. The maximum absolute atomic E-state index is 12.2. The van der Waals surface area contributed by atoms with Crippen molar-refractivity contribution < 1.29 is 28.7 Å². The Balaban J connectivity index is 2.28. The van der Waals surface area contributed by atoms with Crippen molar-refractivity contribution in [3.8, 4) is 11.5 Å². The molecule has 0 aliphatic carbocycles. The highest BCUT2D eigenvalue weighted by molar-refractivity contribution is 5.96. The lowest BCUT2D eigenvalue weighted by atomic mass is 10.1. The maximum Gasteiger partial charge on any atom is 0.346 e. The average molecular weight is 324 g/mol. The van der Waals surface area contributed by atoms with Gasteiger partial charge in [0.25, 0.3) is 11.6 Å². The van der Waals surface area contributed by atoms with Crippen LogP contribution in [0.1, 0.15) is 24.2 Å². The summed E-state index contributed by atoms with van der Waals surface area (Å²) in [5.74, 6) is -1.05. The van der Waals surface area contributed by atoms with E-state index in [1.807, 2.05) is 0 Å².